The third-order valence-corrected chi connectivity index (χ3v) is 19.9. The van der Waals surface area contributed by atoms with E-state index in [4.69, 9.17) is 4.42 Å². The Bertz CT molecular complexity index is 6500. The first kappa shape index (κ1) is 53.0. The number of hydrogen-bond acceptors (Lipinski definition) is 1. The first-order valence-corrected chi connectivity index (χ1v) is 32.6. The number of rotatable bonds is 9. The molecule has 0 aliphatic carbocycles. The number of para-hydroxylation sites is 4. The lowest BCUT2D eigenvalue weighted by atomic mass is 9.99. The molecule has 0 spiro atoms. The van der Waals surface area contributed by atoms with Crippen LogP contribution < -0.4 is 0 Å². The standard InChI is InChI=1S/C90H56N4O/c1-4-19-57(20-5-1)59-37-39-60(40-38-59)63-25-17-29-68(48-63)92-81-34-13-10-31-71(81)77-53-78-72-32-12-15-36-83(72)94(87(78)55-85(77)92)70-43-45-75-74-44-41-66(51-89(74)95-90(75)52-70)65-42-46-84-76(50-65)80-54-79-73-33-11-14-35-82(73)93(86(79)56-88(80)91(84)67-27-8-3-9-28-67)69-30-18-26-64(49-69)62-24-16-23-61(47-62)58-21-6-2-7-22-58/h1-56H. The van der Waals surface area contributed by atoms with Crippen LogP contribution in [-0.2, 0) is 0 Å². The van der Waals surface area contributed by atoms with Gasteiger partial charge in [0, 0.05) is 82.7 Å². The van der Waals surface area contributed by atoms with E-state index in [9.17, 15) is 0 Å². The first-order valence-electron chi connectivity index (χ1n) is 32.6. The zero-order valence-corrected chi connectivity index (χ0v) is 51.5. The lowest BCUT2D eigenvalue weighted by molar-refractivity contribution is 0.669. The second-order valence-corrected chi connectivity index (χ2v) is 25.2. The summed E-state index contributed by atoms with van der Waals surface area (Å²) in [7, 11) is 0. The van der Waals surface area contributed by atoms with Crippen molar-refractivity contribution in [2.24, 2.45) is 0 Å². The second-order valence-electron chi connectivity index (χ2n) is 25.2. The summed E-state index contributed by atoms with van der Waals surface area (Å²) in [5.74, 6) is 0. The molecule has 95 heavy (non-hydrogen) atoms. The third kappa shape index (κ3) is 8.36. The Balaban J connectivity index is 0.696. The van der Waals surface area contributed by atoms with Gasteiger partial charge in [0.05, 0.1) is 44.1 Å². The number of furan rings is 1. The summed E-state index contributed by atoms with van der Waals surface area (Å²) in [6.45, 7) is 0. The molecule has 0 aliphatic heterocycles. The number of hydrogen-bond donors (Lipinski definition) is 0. The summed E-state index contributed by atoms with van der Waals surface area (Å²) >= 11 is 0. The predicted molar refractivity (Wildman–Crippen MR) is 398 cm³/mol. The van der Waals surface area contributed by atoms with Crippen molar-refractivity contribution in [2.45, 2.75) is 0 Å². The molecule has 20 aromatic rings. The van der Waals surface area contributed by atoms with Crippen LogP contribution >= 0.6 is 0 Å². The van der Waals surface area contributed by atoms with E-state index >= 15 is 0 Å². The van der Waals surface area contributed by atoms with Gasteiger partial charge in [0.1, 0.15) is 11.2 Å². The van der Waals surface area contributed by atoms with Crippen LogP contribution in [0.1, 0.15) is 0 Å². The van der Waals surface area contributed by atoms with Crippen LogP contribution in [0.25, 0.3) is 188 Å². The number of benzene rings is 15. The number of nitrogens with zero attached hydrogens (tertiary/aromatic N) is 4. The largest absolute Gasteiger partial charge is 0.456 e. The maximum absolute atomic E-state index is 7.02. The summed E-state index contributed by atoms with van der Waals surface area (Å²) in [4.78, 5) is 0. The summed E-state index contributed by atoms with van der Waals surface area (Å²) < 4.78 is 16.8. The van der Waals surface area contributed by atoms with Crippen LogP contribution in [0.4, 0.5) is 0 Å². The third-order valence-electron chi connectivity index (χ3n) is 19.9. The van der Waals surface area contributed by atoms with E-state index in [0.29, 0.717) is 0 Å². The lowest BCUT2D eigenvalue weighted by Gasteiger charge is -2.12. The Kier molecular flexibility index (Phi) is 11.7. The molecule has 0 fully saturated rings. The molecule has 0 amide bonds. The molecule has 5 nitrogen and oxygen atoms in total. The molecular weight excluding hydrogens is 1150 g/mol. The van der Waals surface area contributed by atoms with Crippen molar-refractivity contribution in [1.82, 2.24) is 18.3 Å². The molecule has 0 atom stereocenters. The summed E-state index contributed by atoms with van der Waals surface area (Å²) in [6, 6.07) is 124. The van der Waals surface area contributed by atoms with Gasteiger partial charge >= 0.3 is 0 Å². The van der Waals surface area contributed by atoms with Gasteiger partial charge in [-0.25, -0.2) is 0 Å². The fraction of sp³-hybridized carbons (Fsp3) is 0. The predicted octanol–water partition coefficient (Wildman–Crippen LogP) is 24.3. The van der Waals surface area contributed by atoms with Gasteiger partial charge in [-0.2, -0.15) is 0 Å². The van der Waals surface area contributed by atoms with Crippen molar-refractivity contribution < 1.29 is 4.42 Å². The van der Waals surface area contributed by atoms with E-state index in [-0.39, 0.29) is 0 Å². The van der Waals surface area contributed by atoms with E-state index in [1.54, 1.807) is 0 Å². The Morgan fingerprint density at radius 3 is 1.02 bits per heavy atom. The van der Waals surface area contributed by atoms with Crippen LogP contribution in [0, 0.1) is 0 Å². The highest BCUT2D eigenvalue weighted by atomic mass is 16.3. The highest BCUT2D eigenvalue weighted by Gasteiger charge is 2.23. The summed E-state index contributed by atoms with van der Waals surface area (Å²) in [6.07, 6.45) is 0. The van der Waals surface area contributed by atoms with Crippen molar-refractivity contribution in [2.75, 3.05) is 0 Å². The molecule has 5 aromatic heterocycles. The highest BCUT2D eigenvalue weighted by Crippen LogP contribution is 2.45. The Morgan fingerprint density at radius 1 is 0.147 bits per heavy atom. The van der Waals surface area contributed by atoms with Gasteiger partial charge < -0.3 is 22.7 Å². The normalized spacial score (nSPS) is 12.0. The Hall–Kier alpha value is -12.7. The molecule has 0 unspecified atom stereocenters. The fourth-order valence-electron chi connectivity index (χ4n) is 15.5. The molecule has 5 heterocycles. The van der Waals surface area contributed by atoms with E-state index < -0.39 is 0 Å². The molecule has 0 bridgehead atoms. The molecule has 0 saturated carbocycles. The molecule has 0 N–H and O–H groups in total. The van der Waals surface area contributed by atoms with Gasteiger partial charge in [0.15, 0.2) is 0 Å². The lowest BCUT2D eigenvalue weighted by Crippen LogP contribution is -1.96. The molecular formula is C90H56N4O. The van der Waals surface area contributed by atoms with Crippen LogP contribution in [0.15, 0.2) is 344 Å². The maximum Gasteiger partial charge on any atom is 0.137 e. The Morgan fingerprint density at radius 2 is 0.463 bits per heavy atom. The summed E-state index contributed by atoms with van der Waals surface area (Å²) in [5, 5.41) is 11.9. The van der Waals surface area contributed by atoms with E-state index in [1.807, 2.05) is 0 Å². The minimum Gasteiger partial charge on any atom is -0.456 e. The van der Waals surface area contributed by atoms with Crippen LogP contribution in [0.5, 0.6) is 0 Å². The van der Waals surface area contributed by atoms with Gasteiger partial charge in [-0.15, -0.1) is 0 Å². The van der Waals surface area contributed by atoms with Crippen molar-refractivity contribution in [3.8, 4) is 78.4 Å². The molecule has 5 heteroatoms. The smallest absolute Gasteiger partial charge is 0.137 e. The second kappa shape index (κ2) is 20.9. The zero-order valence-electron chi connectivity index (χ0n) is 51.5. The quantitative estimate of drug-likeness (QED) is 0.142. The Labute approximate surface area is 546 Å². The number of fused-ring (bicyclic) bond motifs is 15. The van der Waals surface area contributed by atoms with E-state index in [2.05, 4.69) is 358 Å². The fourth-order valence-corrected chi connectivity index (χ4v) is 15.5. The minimum absolute atomic E-state index is 0.845. The van der Waals surface area contributed by atoms with Crippen LogP contribution in [0.2, 0.25) is 0 Å². The zero-order chi connectivity index (χ0) is 62.2. The number of aromatic nitrogens is 4. The highest BCUT2D eigenvalue weighted by molar-refractivity contribution is 6.21. The van der Waals surface area contributed by atoms with E-state index in [0.717, 1.165) is 88.9 Å². The molecule has 0 radical (unpaired) electrons. The molecule has 0 saturated heterocycles. The van der Waals surface area contributed by atoms with Crippen LogP contribution in [0.3, 0.4) is 0 Å². The van der Waals surface area contributed by atoms with E-state index in [1.165, 1.54) is 98.6 Å². The summed E-state index contributed by atoms with van der Waals surface area (Å²) in [5.41, 5.74) is 27.1. The monoisotopic (exact) mass is 1210 g/mol. The van der Waals surface area contributed by atoms with Crippen molar-refractivity contribution in [3.63, 3.8) is 0 Å². The average Bonchev–Trinajstić information content (AvgIpc) is 1.57. The maximum atomic E-state index is 7.02. The first-order chi connectivity index (χ1) is 47.1. The van der Waals surface area contributed by atoms with Crippen molar-refractivity contribution in [3.05, 3.63) is 340 Å². The molecule has 442 valence electrons. The van der Waals surface area contributed by atoms with Crippen LogP contribution in [-0.4, -0.2) is 18.3 Å². The molecule has 20 rings (SSSR count). The van der Waals surface area contributed by atoms with Gasteiger partial charge in [0.25, 0.3) is 0 Å². The van der Waals surface area contributed by atoms with Gasteiger partial charge in [0.2, 0.25) is 0 Å². The topological polar surface area (TPSA) is 32.9 Å². The molecule has 0 aliphatic rings. The van der Waals surface area contributed by atoms with Gasteiger partial charge in [-0.1, -0.05) is 212 Å². The average molecular weight is 1210 g/mol. The SMILES string of the molecule is c1ccc(-c2ccc(-c3cccc(-n4c5ccccc5c5cc6c7ccccc7n(-c7ccc8c(c7)oc7cc(-c9ccc%10c(c9)c9cc%11c%12ccccc%12n(-c%12cccc(-c%13cccc(-c%14ccccc%14)c%13)c%12)c%11cc9n%10-c9ccccc9)ccc78)c6cc54)c3)cc2)cc1. The van der Waals surface area contributed by atoms with Crippen molar-refractivity contribution in [1.29, 1.82) is 0 Å². The van der Waals surface area contributed by atoms with Crippen molar-refractivity contribution >= 4 is 109 Å². The molecule has 15 aromatic carbocycles. The minimum atomic E-state index is 0.845. The van der Waals surface area contributed by atoms with Gasteiger partial charge in [-0.3, -0.25) is 0 Å². The van der Waals surface area contributed by atoms with Gasteiger partial charge in [-0.05, 0) is 177 Å².